The number of carbonyl (C=O) groups excluding carboxylic acids is 3. The molecule has 0 saturated heterocycles. The zero-order valence-corrected chi connectivity index (χ0v) is 18.7. The number of carboxylic acid groups (broad SMARTS) is 2. The highest BCUT2D eigenvalue weighted by molar-refractivity contribution is 5.93. The van der Waals surface area contributed by atoms with E-state index < -0.39 is 54.3 Å². The van der Waals surface area contributed by atoms with Crippen molar-refractivity contribution >= 4 is 29.7 Å². The summed E-state index contributed by atoms with van der Waals surface area (Å²) in [5.74, 6) is -4.29. The van der Waals surface area contributed by atoms with Crippen LogP contribution in [0.15, 0.2) is 30.3 Å². The molecule has 0 aromatic heterocycles. The van der Waals surface area contributed by atoms with Crippen molar-refractivity contribution in [2.75, 3.05) is 6.54 Å². The molecule has 182 valence electrons. The van der Waals surface area contributed by atoms with E-state index in [1.807, 2.05) is 13.8 Å². The number of hydrogen-bond acceptors (Lipinski definition) is 6. The van der Waals surface area contributed by atoms with Gasteiger partial charge in [-0.05, 0) is 24.3 Å². The molecule has 3 atom stereocenters. The molecular formula is C22H32N4O7. The minimum Gasteiger partial charge on any atom is -0.481 e. The number of aliphatic carboxylic acids is 2. The van der Waals surface area contributed by atoms with Crippen LogP contribution < -0.4 is 21.7 Å². The van der Waals surface area contributed by atoms with Crippen LogP contribution in [0.4, 0.5) is 0 Å². The van der Waals surface area contributed by atoms with E-state index in [-0.39, 0.29) is 31.6 Å². The van der Waals surface area contributed by atoms with Crippen molar-refractivity contribution < 1.29 is 34.2 Å². The first kappa shape index (κ1) is 27.6. The predicted molar refractivity (Wildman–Crippen MR) is 119 cm³/mol. The van der Waals surface area contributed by atoms with Crippen LogP contribution in [-0.4, -0.2) is 64.5 Å². The van der Waals surface area contributed by atoms with Crippen molar-refractivity contribution in [1.29, 1.82) is 0 Å². The Morgan fingerprint density at radius 3 is 2.03 bits per heavy atom. The Balaban J connectivity index is 2.99. The van der Waals surface area contributed by atoms with Crippen LogP contribution >= 0.6 is 0 Å². The van der Waals surface area contributed by atoms with Crippen molar-refractivity contribution in [1.82, 2.24) is 16.0 Å². The van der Waals surface area contributed by atoms with Crippen LogP contribution in [0.25, 0.3) is 0 Å². The lowest BCUT2D eigenvalue weighted by Crippen LogP contribution is -2.57. The second-order valence-corrected chi connectivity index (χ2v) is 8.09. The zero-order chi connectivity index (χ0) is 25.0. The fourth-order valence-corrected chi connectivity index (χ4v) is 3.01. The van der Waals surface area contributed by atoms with Gasteiger partial charge in [-0.1, -0.05) is 44.2 Å². The molecule has 0 aliphatic carbocycles. The van der Waals surface area contributed by atoms with Crippen LogP contribution in [0, 0.1) is 5.92 Å². The first-order valence-corrected chi connectivity index (χ1v) is 10.6. The minimum absolute atomic E-state index is 0.0116. The average Bonchev–Trinajstić information content (AvgIpc) is 2.74. The summed E-state index contributed by atoms with van der Waals surface area (Å²) in [5.41, 5.74) is 6.51. The van der Waals surface area contributed by atoms with Crippen molar-refractivity contribution in [3.8, 4) is 0 Å². The summed E-state index contributed by atoms with van der Waals surface area (Å²) < 4.78 is 0. The number of rotatable bonds is 14. The lowest BCUT2D eigenvalue weighted by molar-refractivity contribution is -0.139. The van der Waals surface area contributed by atoms with Crippen LogP contribution in [0.5, 0.6) is 0 Å². The van der Waals surface area contributed by atoms with E-state index in [1.165, 1.54) is 0 Å². The Labute approximate surface area is 192 Å². The molecule has 0 spiro atoms. The van der Waals surface area contributed by atoms with Gasteiger partial charge in [0, 0.05) is 12.8 Å². The molecule has 1 rings (SSSR count). The van der Waals surface area contributed by atoms with Crippen LogP contribution in [0.1, 0.15) is 38.7 Å². The zero-order valence-electron chi connectivity index (χ0n) is 18.7. The second kappa shape index (κ2) is 13.8. The van der Waals surface area contributed by atoms with E-state index in [9.17, 15) is 24.0 Å². The quantitative estimate of drug-likeness (QED) is 0.215. The highest BCUT2D eigenvalue weighted by atomic mass is 16.4. The highest BCUT2D eigenvalue weighted by Gasteiger charge is 2.29. The predicted octanol–water partition coefficient (Wildman–Crippen LogP) is -0.362. The number of hydrogen-bond donors (Lipinski definition) is 6. The van der Waals surface area contributed by atoms with Crippen LogP contribution in [-0.2, 0) is 30.4 Å². The molecule has 0 bridgehead atoms. The third kappa shape index (κ3) is 11.1. The van der Waals surface area contributed by atoms with Gasteiger partial charge in [0.05, 0.1) is 6.04 Å². The third-order valence-corrected chi connectivity index (χ3v) is 4.68. The van der Waals surface area contributed by atoms with Crippen molar-refractivity contribution in [3.05, 3.63) is 35.9 Å². The molecular weight excluding hydrogens is 432 g/mol. The molecule has 0 aliphatic rings. The molecule has 1 aromatic carbocycles. The summed E-state index contributed by atoms with van der Waals surface area (Å²) in [6.07, 6.45) is -0.0463. The largest absolute Gasteiger partial charge is 0.481 e. The molecule has 0 fully saturated rings. The Morgan fingerprint density at radius 2 is 1.48 bits per heavy atom. The molecule has 11 nitrogen and oxygen atoms in total. The normalized spacial score (nSPS) is 13.5. The van der Waals surface area contributed by atoms with E-state index >= 15 is 0 Å². The maximum absolute atomic E-state index is 13.0. The molecule has 11 heteroatoms. The van der Waals surface area contributed by atoms with Gasteiger partial charge in [-0.2, -0.15) is 0 Å². The fourth-order valence-electron chi connectivity index (χ4n) is 3.01. The summed E-state index contributed by atoms with van der Waals surface area (Å²) >= 11 is 0. The molecule has 7 N–H and O–H groups in total. The summed E-state index contributed by atoms with van der Waals surface area (Å²) in [4.78, 5) is 59.5. The van der Waals surface area contributed by atoms with E-state index in [0.29, 0.717) is 0 Å². The highest BCUT2D eigenvalue weighted by Crippen LogP contribution is 2.08. The topological polar surface area (TPSA) is 188 Å². The summed E-state index contributed by atoms with van der Waals surface area (Å²) in [5, 5.41) is 25.0. The monoisotopic (exact) mass is 464 g/mol. The molecule has 3 amide bonds. The van der Waals surface area contributed by atoms with Crippen LogP contribution in [0.3, 0.4) is 0 Å². The molecule has 1 aromatic rings. The lowest BCUT2D eigenvalue weighted by Gasteiger charge is -2.25. The third-order valence-electron chi connectivity index (χ3n) is 4.68. The SMILES string of the molecule is CC(C)CC(NC(=O)C(Cc1ccccc1)NC(=O)C(N)CCC(=O)O)C(=O)NCC(=O)O. The van der Waals surface area contributed by atoms with E-state index in [0.717, 1.165) is 5.56 Å². The number of nitrogens with one attached hydrogen (secondary N) is 3. The number of amides is 3. The van der Waals surface area contributed by atoms with Gasteiger partial charge in [-0.15, -0.1) is 0 Å². The summed E-state index contributed by atoms with van der Waals surface area (Å²) in [6, 6.07) is 5.65. The molecule has 0 radical (unpaired) electrons. The van der Waals surface area contributed by atoms with Gasteiger partial charge in [-0.25, -0.2) is 0 Å². The van der Waals surface area contributed by atoms with Crippen molar-refractivity contribution in [2.24, 2.45) is 11.7 Å². The number of carboxylic acids is 2. The van der Waals surface area contributed by atoms with E-state index in [4.69, 9.17) is 15.9 Å². The maximum atomic E-state index is 13.0. The van der Waals surface area contributed by atoms with Gasteiger partial charge in [-0.3, -0.25) is 24.0 Å². The fraction of sp³-hybridized carbons (Fsp3) is 0.500. The first-order valence-electron chi connectivity index (χ1n) is 10.6. The van der Waals surface area contributed by atoms with Crippen molar-refractivity contribution in [2.45, 2.75) is 57.7 Å². The molecule has 33 heavy (non-hydrogen) atoms. The Hall–Kier alpha value is -3.47. The Morgan fingerprint density at radius 1 is 0.879 bits per heavy atom. The van der Waals surface area contributed by atoms with Crippen molar-refractivity contribution in [3.63, 3.8) is 0 Å². The molecule has 0 aliphatic heterocycles. The van der Waals surface area contributed by atoms with Gasteiger partial charge in [0.25, 0.3) is 0 Å². The van der Waals surface area contributed by atoms with Gasteiger partial charge in [0.2, 0.25) is 17.7 Å². The maximum Gasteiger partial charge on any atom is 0.322 e. The number of carbonyl (C=O) groups is 5. The Bertz CT molecular complexity index is 829. The molecule has 3 unspecified atom stereocenters. The molecule has 0 saturated carbocycles. The van der Waals surface area contributed by atoms with Crippen LogP contribution in [0.2, 0.25) is 0 Å². The summed E-state index contributed by atoms with van der Waals surface area (Å²) in [6.45, 7) is 3.09. The number of benzene rings is 1. The van der Waals surface area contributed by atoms with Gasteiger partial charge < -0.3 is 31.9 Å². The second-order valence-electron chi connectivity index (χ2n) is 8.09. The van der Waals surface area contributed by atoms with E-state index in [1.54, 1.807) is 30.3 Å². The smallest absolute Gasteiger partial charge is 0.322 e. The average molecular weight is 465 g/mol. The van der Waals surface area contributed by atoms with Gasteiger partial charge in [0.15, 0.2) is 0 Å². The van der Waals surface area contributed by atoms with Gasteiger partial charge >= 0.3 is 11.9 Å². The summed E-state index contributed by atoms with van der Waals surface area (Å²) in [7, 11) is 0. The lowest BCUT2D eigenvalue weighted by atomic mass is 10.0. The number of nitrogens with two attached hydrogens (primary N) is 1. The minimum atomic E-state index is -1.22. The van der Waals surface area contributed by atoms with E-state index in [2.05, 4.69) is 16.0 Å². The Kier molecular flexibility index (Phi) is 11.6. The standard InChI is InChI=1S/C22H32N4O7/c1-13(2)10-16(21(32)24-12-19(29)30)26-22(33)17(11-14-6-4-3-5-7-14)25-20(31)15(23)8-9-18(27)28/h3-7,13,15-17H,8-12,23H2,1-2H3,(H,24,32)(H,25,31)(H,26,33)(H,27,28)(H,29,30). The van der Waals surface area contributed by atoms with Gasteiger partial charge in [0.1, 0.15) is 18.6 Å². The first-order chi connectivity index (χ1) is 15.5. The molecule has 0 heterocycles.